The molecule has 2 aromatic rings. The van der Waals surface area contributed by atoms with E-state index in [-0.39, 0.29) is 21.4 Å². The molecule has 0 fully saturated rings. The molecule has 0 aliphatic carbocycles. The van der Waals surface area contributed by atoms with Gasteiger partial charge in [-0.15, -0.1) is 0 Å². The molecule has 0 unspecified atom stereocenters. The molecule has 1 aromatic heterocycles. The van der Waals surface area contributed by atoms with E-state index in [9.17, 15) is 18.8 Å². The normalized spacial score (nSPS) is 11.0. The quantitative estimate of drug-likeness (QED) is 0.459. The molecule has 1 N–H and O–H groups in total. The van der Waals surface area contributed by atoms with Crippen LogP contribution in [0.3, 0.4) is 0 Å². The average molecular weight is 386 g/mol. The monoisotopic (exact) mass is 385 g/mol. The Morgan fingerprint density at radius 2 is 2.16 bits per heavy atom. The summed E-state index contributed by atoms with van der Waals surface area (Å²) in [6.45, 7) is 0. The van der Waals surface area contributed by atoms with Crippen molar-refractivity contribution in [2.24, 2.45) is 19.2 Å². The van der Waals surface area contributed by atoms with Gasteiger partial charge < -0.3 is 0 Å². The molecule has 25 heavy (non-hydrogen) atoms. The van der Waals surface area contributed by atoms with Gasteiger partial charge in [-0.1, -0.05) is 29.4 Å². The number of carbonyl (C=O) groups is 1. The Morgan fingerprint density at radius 3 is 2.84 bits per heavy atom. The first-order valence-corrected chi connectivity index (χ1v) is 8.20. The minimum atomic E-state index is -0.595. The lowest BCUT2D eigenvalue weighted by Crippen LogP contribution is -2.39. The number of carbonyl (C=O) groups excluding carboxylic acids is 1. The SMILES string of the molecule is Cn1nc(SCC(=O)N/N=C\c2c(F)cccc2Cl)c(=O)n(C)c1=O. The van der Waals surface area contributed by atoms with Crippen molar-refractivity contribution in [3.05, 3.63) is 55.4 Å². The summed E-state index contributed by atoms with van der Waals surface area (Å²) in [4.78, 5) is 35.1. The van der Waals surface area contributed by atoms with E-state index in [1.807, 2.05) is 0 Å². The van der Waals surface area contributed by atoms with E-state index < -0.39 is 23.0 Å². The van der Waals surface area contributed by atoms with Crippen LogP contribution in [0.25, 0.3) is 0 Å². The third-order valence-corrected chi connectivity index (χ3v) is 4.28. The standard InChI is InChI=1S/C14H13ClFN5O3S/c1-20-13(23)12(19-21(2)14(20)24)25-7-11(22)18-17-6-8-9(15)4-3-5-10(8)16/h3-6H,7H2,1-2H3,(H,18,22)/b17-6-. The van der Waals surface area contributed by atoms with Crippen LogP contribution in [-0.4, -0.2) is 32.2 Å². The summed E-state index contributed by atoms with van der Waals surface area (Å²) in [6.07, 6.45) is 1.09. The van der Waals surface area contributed by atoms with E-state index in [1.54, 1.807) is 0 Å². The number of aromatic nitrogens is 3. The van der Waals surface area contributed by atoms with Gasteiger partial charge >= 0.3 is 5.69 Å². The highest BCUT2D eigenvalue weighted by atomic mass is 35.5. The molecule has 0 saturated carbocycles. The van der Waals surface area contributed by atoms with Crippen molar-refractivity contribution in [3.63, 3.8) is 0 Å². The zero-order valence-corrected chi connectivity index (χ0v) is 14.8. The van der Waals surface area contributed by atoms with Crippen molar-refractivity contribution in [1.82, 2.24) is 19.8 Å². The molecule has 1 amide bonds. The number of amides is 1. The van der Waals surface area contributed by atoms with Crippen LogP contribution in [0, 0.1) is 5.82 Å². The van der Waals surface area contributed by atoms with Crippen molar-refractivity contribution < 1.29 is 9.18 Å². The van der Waals surface area contributed by atoms with Gasteiger partial charge in [0.25, 0.3) is 5.56 Å². The van der Waals surface area contributed by atoms with Crippen LogP contribution in [0.15, 0.2) is 37.9 Å². The smallest absolute Gasteiger partial charge is 0.272 e. The summed E-state index contributed by atoms with van der Waals surface area (Å²) < 4.78 is 15.4. The van der Waals surface area contributed by atoms with Crippen LogP contribution in [0.1, 0.15) is 5.56 Å². The molecule has 0 bridgehead atoms. The molecule has 0 radical (unpaired) electrons. The number of halogens is 2. The van der Waals surface area contributed by atoms with Crippen molar-refractivity contribution in [2.45, 2.75) is 5.03 Å². The number of rotatable bonds is 5. The van der Waals surface area contributed by atoms with E-state index in [0.29, 0.717) is 0 Å². The van der Waals surface area contributed by atoms with Crippen LogP contribution in [0.2, 0.25) is 5.02 Å². The van der Waals surface area contributed by atoms with Gasteiger partial charge in [-0.3, -0.25) is 14.2 Å². The lowest BCUT2D eigenvalue weighted by molar-refractivity contribution is -0.118. The van der Waals surface area contributed by atoms with Gasteiger partial charge in [-0.2, -0.15) is 10.2 Å². The maximum absolute atomic E-state index is 13.5. The molecular weight excluding hydrogens is 373 g/mol. The maximum Gasteiger partial charge on any atom is 0.346 e. The summed E-state index contributed by atoms with van der Waals surface area (Å²) in [5.41, 5.74) is 1.08. The molecule has 0 spiro atoms. The molecule has 8 nitrogen and oxygen atoms in total. The van der Waals surface area contributed by atoms with Crippen molar-refractivity contribution in [3.8, 4) is 0 Å². The first-order chi connectivity index (χ1) is 11.8. The summed E-state index contributed by atoms with van der Waals surface area (Å²) in [5, 5.41) is 7.59. The molecule has 0 atom stereocenters. The number of aryl methyl sites for hydroxylation is 1. The number of hydrazone groups is 1. The third-order valence-electron chi connectivity index (χ3n) is 3.01. The van der Waals surface area contributed by atoms with Crippen LogP contribution < -0.4 is 16.7 Å². The van der Waals surface area contributed by atoms with Crippen LogP contribution in [0.5, 0.6) is 0 Å². The molecule has 11 heteroatoms. The van der Waals surface area contributed by atoms with Crippen molar-refractivity contribution in [2.75, 3.05) is 5.75 Å². The van der Waals surface area contributed by atoms with Crippen LogP contribution >= 0.6 is 23.4 Å². The number of nitrogens with zero attached hydrogens (tertiary/aromatic N) is 4. The van der Waals surface area contributed by atoms with Gasteiger partial charge in [0.15, 0.2) is 5.03 Å². The summed E-state index contributed by atoms with van der Waals surface area (Å²) in [6, 6.07) is 4.15. The molecule has 132 valence electrons. The van der Waals surface area contributed by atoms with Gasteiger partial charge in [-0.25, -0.2) is 19.3 Å². The maximum atomic E-state index is 13.5. The number of hydrogen-bond donors (Lipinski definition) is 1. The molecule has 0 saturated heterocycles. The van der Waals surface area contributed by atoms with E-state index in [0.717, 1.165) is 27.2 Å². The average Bonchev–Trinajstić information content (AvgIpc) is 2.57. The molecule has 0 aliphatic rings. The molecule has 2 rings (SSSR count). The molecule has 1 aromatic carbocycles. The highest BCUT2D eigenvalue weighted by molar-refractivity contribution is 7.99. The van der Waals surface area contributed by atoms with Crippen molar-refractivity contribution >= 4 is 35.5 Å². The fourth-order valence-corrected chi connectivity index (χ4v) is 2.71. The highest BCUT2D eigenvalue weighted by Crippen LogP contribution is 2.16. The van der Waals surface area contributed by atoms with Crippen LogP contribution in [0.4, 0.5) is 4.39 Å². The second-order valence-corrected chi connectivity index (χ2v) is 6.16. The van der Waals surface area contributed by atoms with E-state index >= 15 is 0 Å². The predicted molar refractivity (Wildman–Crippen MR) is 92.6 cm³/mol. The Balaban J connectivity index is 1.99. The lowest BCUT2D eigenvalue weighted by Gasteiger charge is -2.04. The van der Waals surface area contributed by atoms with Crippen LogP contribution in [-0.2, 0) is 18.9 Å². The molecule has 1 heterocycles. The largest absolute Gasteiger partial charge is 0.346 e. The zero-order valence-electron chi connectivity index (χ0n) is 13.2. The number of benzene rings is 1. The summed E-state index contributed by atoms with van der Waals surface area (Å²) >= 11 is 6.68. The lowest BCUT2D eigenvalue weighted by atomic mass is 10.2. The van der Waals surface area contributed by atoms with Gasteiger partial charge in [0.1, 0.15) is 5.82 Å². The fraction of sp³-hybridized carbons (Fsp3) is 0.214. The minimum Gasteiger partial charge on any atom is -0.272 e. The van der Waals surface area contributed by atoms with E-state index in [2.05, 4.69) is 15.6 Å². The predicted octanol–water partition coefficient (Wildman–Crippen LogP) is 0.514. The Labute approximate surface area is 150 Å². The van der Waals surface area contributed by atoms with E-state index in [1.165, 1.54) is 32.3 Å². The number of nitrogens with one attached hydrogen (secondary N) is 1. The van der Waals surface area contributed by atoms with Gasteiger partial charge in [0.2, 0.25) is 5.91 Å². The first kappa shape index (κ1) is 18.9. The van der Waals surface area contributed by atoms with Crippen molar-refractivity contribution in [1.29, 1.82) is 0 Å². The van der Waals surface area contributed by atoms with Gasteiger partial charge in [0, 0.05) is 19.7 Å². The topological polar surface area (TPSA) is 98.3 Å². The first-order valence-electron chi connectivity index (χ1n) is 6.84. The summed E-state index contributed by atoms with van der Waals surface area (Å²) in [5.74, 6) is -1.27. The van der Waals surface area contributed by atoms with E-state index in [4.69, 9.17) is 11.6 Å². The molecule has 0 aliphatic heterocycles. The molecular formula is C14H13ClFN5O3S. The van der Waals surface area contributed by atoms with Gasteiger partial charge in [0.05, 0.1) is 17.0 Å². The highest BCUT2D eigenvalue weighted by Gasteiger charge is 2.11. The number of thioether (sulfide) groups is 1. The number of hydrogen-bond acceptors (Lipinski definition) is 6. The van der Waals surface area contributed by atoms with Gasteiger partial charge in [-0.05, 0) is 12.1 Å². The Hall–Kier alpha value is -2.46. The Bertz CT molecular complexity index is 936. The second kappa shape index (κ2) is 8.08. The Morgan fingerprint density at radius 1 is 1.44 bits per heavy atom. The Kier molecular flexibility index (Phi) is 6.10. The summed E-state index contributed by atoms with van der Waals surface area (Å²) in [7, 11) is 2.72. The zero-order chi connectivity index (χ0) is 18.6. The second-order valence-electron chi connectivity index (χ2n) is 4.79. The fourth-order valence-electron chi connectivity index (χ4n) is 1.73. The minimum absolute atomic E-state index is 0.000813. The third kappa shape index (κ3) is 4.54.